The minimum absolute atomic E-state index is 0.596. The van der Waals surface area contributed by atoms with Crippen LogP contribution in [0.2, 0.25) is 0 Å². The quantitative estimate of drug-likeness (QED) is 0.590. The molecule has 19 heavy (non-hydrogen) atoms. The molecule has 106 valence electrons. The lowest BCUT2D eigenvalue weighted by Gasteiger charge is -2.22. The van der Waals surface area contributed by atoms with E-state index in [9.17, 15) is 0 Å². The molecule has 0 aliphatic carbocycles. The van der Waals surface area contributed by atoms with Gasteiger partial charge in [0.15, 0.2) is 11.8 Å². The molecular weight excluding hydrogens is 240 g/mol. The molecule has 0 N–H and O–H groups in total. The fourth-order valence-corrected chi connectivity index (χ4v) is 2.49. The van der Waals surface area contributed by atoms with E-state index in [1.807, 2.05) is 38.0 Å². The highest BCUT2D eigenvalue weighted by Crippen LogP contribution is 2.14. The summed E-state index contributed by atoms with van der Waals surface area (Å²) in [5.41, 5.74) is 0. The van der Waals surface area contributed by atoms with Gasteiger partial charge < -0.3 is 14.4 Å². The Kier molecular flexibility index (Phi) is 4.39. The molecule has 0 aromatic carbocycles. The Morgan fingerprint density at radius 3 is 2.53 bits per heavy atom. The fraction of sp³-hybridized carbons (Fsp3) is 0.769. The molecule has 0 atom stereocenters. The van der Waals surface area contributed by atoms with E-state index in [1.165, 1.54) is 19.3 Å². The van der Waals surface area contributed by atoms with Crippen LogP contribution in [0.4, 0.5) is 0 Å². The van der Waals surface area contributed by atoms with Gasteiger partial charge in [-0.15, -0.1) is 10.2 Å². The standard InChI is InChI=1S/C13H24N6/c1-17(2)13(18(3)4)14-10-12-16-15-11-8-6-5-7-9-19(11)12/h5-10H2,1-4H3. The van der Waals surface area contributed by atoms with Gasteiger partial charge in [0.2, 0.25) is 0 Å². The average Bonchev–Trinajstić information content (AvgIpc) is 2.58. The van der Waals surface area contributed by atoms with Crippen molar-refractivity contribution in [1.82, 2.24) is 24.6 Å². The van der Waals surface area contributed by atoms with Crippen LogP contribution in [-0.2, 0) is 19.5 Å². The van der Waals surface area contributed by atoms with E-state index in [-0.39, 0.29) is 0 Å². The maximum Gasteiger partial charge on any atom is 0.195 e. The second-order valence-electron chi connectivity index (χ2n) is 5.40. The molecular formula is C13H24N6. The van der Waals surface area contributed by atoms with Gasteiger partial charge in [-0.1, -0.05) is 6.42 Å². The normalized spacial score (nSPS) is 14.5. The smallest absolute Gasteiger partial charge is 0.195 e. The molecule has 0 amide bonds. The van der Waals surface area contributed by atoms with Crippen LogP contribution < -0.4 is 0 Å². The lowest BCUT2D eigenvalue weighted by atomic mass is 10.2. The van der Waals surface area contributed by atoms with E-state index in [0.29, 0.717) is 6.54 Å². The van der Waals surface area contributed by atoms with Gasteiger partial charge in [-0.3, -0.25) is 0 Å². The molecule has 0 radical (unpaired) electrons. The monoisotopic (exact) mass is 264 g/mol. The van der Waals surface area contributed by atoms with Gasteiger partial charge in [-0.05, 0) is 12.8 Å². The lowest BCUT2D eigenvalue weighted by Crippen LogP contribution is -2.35. The van der Waals surface area contributed by atoms with Crippen molar-refractivity contribution in [3.05, 3.63) is 11.6 Å². The molecule has 0 fully saturated rings. The highest BCUT2D eigenvalue weighted by molar-refractivity contribution is 5.79. The van der Waals surface area contributed by atoms with Crippen LogP contribution in [0.1, 0.15) is 30.9 Å². The minimum atomic E-state index is 0.596. The zero-order valence-electron chi connectivity index (χ0n) is 12.4. The predicted octanol–water partition coefficient (Wildman–Crippen LogP) is 0.984. The molecule has 1 aliphatic heterocycles. The Labute approximate surface area is 115 Å². The fourth-order valence-electron chi connectivity index (χ4n) is 2.49. The van der Waals surface area contributed by atoms with E-state index >= 15 is 0 Å². The average molecular weight is 264 g/mol. The van der Waals surface area contributed by atoms with Gasteiger partial charge in [0, 0.05) is 41.2 Å². The third-order valence-corrected chi connectivity index (χ3v) is 3.35. The first-order valence-electron chi connectivity index (χ1n) is 6.89. The van der Waals surface area contributed by atoms with Crippen molar-refractivity contribution in [2.45, 2.75) is 38.8 Å². The number of aromatic nitrogens is 3. The first-order chi connectivity index (χ1) is 9.09. The first-order valence-corrected chi connectivity index (χ1v) is 6.89. The number of nitrogens with zero attached hydrogens (tertiary/aromatic N) is 6. The van der Waals surface area contributed by atoms with Gasteiger partial charge in [0.05, 0.1) is 0 Å². The van der Waals surface area contributed by atoms with Gasteiger partial charge in [0.25, 0.3) is 0 Å². The molecule has 6 heteroatoms. The van der Waals surface area contributed by atoms with Crippen molar-refractivity contribution in [2.75, 3.05) is 28.2 Å². The third kappa shape index (κ3) is 3.24. The van der Waals surface area contributed by atoms with Crippen LogP contribution in [-0.4, -0.2) is 58.7 Å². The van der Waals surface area contributed by atoms with E-state index < -0.39 is 0 Å². The highest BCUT2D eigenvalue weighted by atomic mass is 15.3. The van der Waals surface area contributed by atoms with Crippen molar-refractivity contribution in [2.24, 2.45) is 4.99 Å². The van der Waals surface area contributed by atoms with E-state index in [1.54, 1.807) is 0 Å². The number of hydrogen-bond acceptors (Lipinski definition) is 3. The summed E-state index contributed by atoms with van der Waals surface area (Å²) in [6.45, 7) is 1.63. The molecule has 2 rings (SSSR count). The number of hydrogen-bond donors (Lipinski definition) is 0. The van der Waals surface area contributed by atoms with Gasteiger partial charge in [-0.2, -0.15) is 0 Å². The van der Waals surface area contributed by atoms with Gasteiger partial charge >= 0.3 is 0 Å². The van der Waals surface area contributed by atoms with Crippen LogP contribution in [0, 0.1) is 0 Å². The van der Waals surface area contributed by atoms with Crippen molar-refractivity contribution in [3.8, 4) is 0 Å². The summed E-state index contributed by atoms with van der Waals surface area (Å²) in [7, 11) is 8.01. The lowest BCUT2D eigenvalue weighted by molar-refractivity contribution is 0.477. The molecule has 2 heterocycles. The van der Waals surface area contributed by atoms with E-state index in [4.69, 9.17) is 0 Å². The second-order valence-corrected chi connectivity index (χ2v) is 5.40. The molecule has 0 unspecified atom stereocenters. The molecule has 1 aromatic rings. The van der Waals surface area contributed by atoms with Crippen LogP contribution >= 0.6 is 0 Å². The first kappa shape index (κ1) is 13.8. The molecule has 0 bridgehead atoms. The zero-order valence-corrected chi connectivity index (χ0v) is 12.4. The van der Waals surface area contributed by atoms with Crippen LogP contribution in [0.3, 0.4) is 0 Å². The Morgan fingerprint density at radius 2 is 1.84 bits per heavy atom. The minimum Gasteiger partial charge on any atom is -0.349 e. The highest BCUT2D eigenvalue weighted by Gasteiger charge is 2.14. The number of fused-ring (bicyclic) bond motifs is 1. The number of rotatable bonds is 2. The van der Waals surface area contributed by atoms with Crippen molar-refractivity contribution < 1.29 is 0 Å². The summed E-state index contributed by atoms with van der Waals surface area (Å²) in [6.07, 6.45) is 4.77. The second kappa shape index (κ2) is 6.04. The van der Waals surface area contributed by atoms with Gasteiger partial charge in [0.1, 0.15) is 12.4 Å². The van der Waals surface area contributed by atoms with Crippen LogP contribution in [0.5, 0.6) is 0 Å². The maximum atomic E-state index is 4.65. The van der Waals surface area contributed by atoms with E-state index in [2.05, 4.69) is 19.8 Å². The van der Waals surface area contributed by atoms with Crippen molar-refractivity contribution in [1.29, 1.82) is 0 Å². The number of aliphatic imine (C=N–C) groups is 1. The van der Waals surface area contributed by atoms with Gasteiger partial charge in [-0.25, -0.2) is 4.99 Å². The van der Waals surface area contributed by atoms with Crippen molar-refractivity contribution >= 4 is 5.96 Å². The molecule has 0 saturated heterocycles. The number of aryl methyl sites for hydroxylation is 1. The van der Waals surface area contributed by atoms with Crippen LogP contribution in [0.15, 0.2) is 4.99 Å². The largest absolute Gasteiger partial charge is 0.349 e. The SMILES string of the molecule is CN(C)C(=NCc1nnc2n1CCCCC2)N(C)C. The molecule has 0 spiro atoms. The summed E-state index contributed by atoms with van der Waals surface area (Å²) in [4.78, 5) is 8.68. The van der Waals surface area contributed by atoms with Crippen LogP contribution in [0.25, 0.3) is 0 Å². The summed E-state index contributed by atoms with van der Waals surface area (Å²) in [5.74, 6) is 3.06. The maximum absolute atomic E-state index is 4.65. The Bertz CT molecular complexity index is 436. The summed E-state index contributed by atoms with van der Waals surface area (Å²) >= 11 is 0. The zero-order chi connectivity index (χ0) is 13.8. The summed E-state index contributed by atoms with van der Waals surface area (Å²) in [5, 5.41) is 8.60. The molecule has 1 aliphatic rings. The number of guanidine groups is 1. The molecule has 1 aromatic heterocycles. The molecule has 0 saturated carbocycles. The predicted molar refractivity (Wildman–Crippen MR) is 76.1 cm³/mol. The van der Waals surface area contributed by atoms with Crippen molar-refractivity contribution in [3.63, 3.8) is 0 Å². The summed E-state index contributed by atoms with van der Waals surface area (Å²) < 4.78 is 2.25. The van der Waals surface area contributed by atoms with E-state index in [0.717, 1.165) is 30.6 Å². The summed E-state index contributed by atoms with van der Waals surface area (Å²) in [6, 6.07) is 0. The topological polar surface area (TPSA) is 49.6 Å². The Hall–Kier alpha value is -1.59. The third-order valence-electron chi connectivity index (χ3n) is 3.35. The Balaban J connectivity index is 2.15. The molecule has 6 nitrogen and oxygen atoms in total. The Morgan fingerprint density at radius 1 is 1.11 bits per heavy atom.